The van der Waals surface area contributed by atoms with Crippen LogP contribution in [0.25, 0.3) is 49.3 Å². The summed E-state index contributed by atoms with van der Waals surface area (Å²) in [6.07, 6.45) is 4.89. The molecule has 5 heteroatoms. The van der Waals surface area contributed by atoms with Crippen LogP contribution in [0, 0.1) is 19.6 Å². The molecule has 0 spiro atoms. The van der Waals surface area contributed by atoms with Crippen molar-refractivity contribution in [1.82, 2.24) is 0 Å². The Morgan fingerprint density at radius 2 is 1.39 bits per heavy atom. The minimum absolute atomic E-state index is 0. The van der Waals surface area contributed by atoms with Crippen LogP contribution in [-0.2, 0) is 39.1 Å². The van der Waals surface area contributed by atoms with E-state index in [-0.39, 0.29) is 45.6 Å². The molecule has 1 aliphatic rings. The van der Waals surface area contributed by atoms with Crippen molar-refractivity contribution in [3.8, 4) is 11.1 Å². The van der Waals surface area contributed by atoms with E-state index in [0.717, 1.165) is 61.4 Å². The van der Waals surface area contributed by atoms with E-state index in [1.807, 2.05) is 60.7 Å². The molecule has 0 atom stereocenters. The fourth-order valence-electron chi connectivity index (χ4n) is 5.28. The summed E-state index contributed by atoms with van der Waals surface area (Å²) in [5, 5.41) is 18.5. The van der Waals surface area contributed by atoms with Gasteiger partial charge in [-0.15, -0.1) is 46.5 Å². The van der Waals surface area contributed by atoms with Gasteiger partial charge in [-0.25, -0.2) is 6.08 Å². The van der Waals surface area contributed by atoms with Crippen LogP contribution in [-0.4, -0.2) is 10.7 Å². The molecule has 0 aliphatic heterocycles. The minimum Gasteiger partial charge on any atom is -0.481 e. The molecule has 1 aromatic heterocycles. The van der Waals surface area contributed by atoms with Crippen molar-refractivity contribution in [1.29, 1.82) is 0 Å². The largest absolute Gasteiger partial charge is 3.00 e. The number of hydroxylamine groups is 1. The van der Waals surface area contributed by atoms with Gasteiger partial charge in [-0.1, -0.05) is 94.8 Å². The normalized spacial score (nSPS) is 12.2. The number of benzene rings is 5. The van der Waals surface area contributed by atoms with Crippen molar-refractivity contribution in [3.63, 3.8) is 0 Å². The monoisotopic (exact) mass is 573 g/mol. The number of aryl methyl sites for hydroxylation is 1. The molecule has 0 saturated heterocycles. The Bertz CT molecular complexity index is 1780. The van der Waals surface area contributed by atoms with Crippen LogP contribution in [0.5, 0.6) is 0 Å². The topological polar surface area (TPSA) is 68.1 Å². The van der Waals surface area contributed by atoms with E-state index >= 15 is 0 Å². The summed E-state index contributed by atoms with van der Waals surface area (Å²) in [7, 11) is 0. The number of allylic oxidation sites excluding steroid dienone is 1. The van der Waals surface area contributed by atoms with Gasteiger partial charge in [0.1, 0.15) is 5.58 Å². The zero-order chi connectivity index (χ0) is 23.4. The van der Waals surface area contributed by atoms with Gasteiger partial charge in [0.15, 0.2) is 0 Å². The molecule has 0 unspecified atom stereocenters. The number of rotatable bonds is 3. The summed E-state index contributed by atoms with van der Waals surface area (Å²) >= 11 is 0. The number of furan rings is 1. The third-order valence-electron chi connectivity index (χ3n) is 6.87. The summed E-state index contributed by atoms with van der Waals surface area (Å²) in [4.78, 5) is 0. The maximum Gasteiger partial charge on any atom is 3.00 e. The molecule has 1 heterocycles. The SMILES string of the molecule is O.ON(C1=[C-]CCc2oc3ccccc3c21)c1ccc2ccccc2c1-c1[c-]ccc2ccccc12.[CH3-].[Y+3]. The molecule has 38 heavy (non-hydrogen) atoms. The molecule has 184 valence electrons. The molecule has 4 nitrogen and oxygen atoms in total. The molecule has 3 N–H and O–H groups in total. The first-order valence-electron chi connectivity index (χ1n) is 11.8. The predicted octanol–water partition coefficient (Wildman–Crippen LogP) is 7.82. The number of para-hydroxylation sites is 1. The molecular weight excluding hydrogens is 547 g/mol. The van der Waals surface area contributed by atoms with Crippen molar-refractivity contribution in [2.45, 2.75) is 12.8 Å². The van der Waals surface area contributed by atoms with E-state index in [0.29, 0.717) is 17.8 Å². The first kappa shape index (κ1) is 27.8. The van der Waals surface area contributed by atoms with Crippen LogP contribution in [0.15, 0.2) is 101 Å². The molecule has 0 amide bonds. The Labute approximate surface area is 247 Å². The standard InChI is InChI=1S/C32H21NO2.CH3.H2O.Y/c34-33(27-16-8-18-30-32(27)26-14-5-6-17-29(26)35-30)28-20-19-22-10-2-4-13-24(22)31(28)25-15-7-11-21-9-1-3-12-23(21)25;;;/h1-7,9-14,17,19-20,34H,8,18H2;1H3;1H2;/q-2;-1;;+3. The molecule has 7 rings (SSSR count). The second-order valence-electron chi connectivity index (χ2n) is 8.85. The van der Waals surface area contributed by atoms with Crippen molar-refractivity contribution < 1.29 is 47.8 Å². The van der Waals surface area contributed by atoms with Gasteiger partial charge in [0.2, 0.25) is 0 Å². The summed E-state index contributed by atoms with van der Waals surface area (Å²) in [5.41, 5.74) is 4.97. The van der Waals surface area contributed by atoms with Crippen molar-refractivity contribution >= 4 is 43.9 Å². The fraction of sp³-hybridized carbons (Fsp3) is 0.0606. The van der Waals surface area contributed by atoms with Crippen LogP contribution in [0.4, 0.5) is 5.69 Å². The molecule has 0 fully saturated rings. The van der Waals surface area contributed by atoms with Crippen molar-refractivity contribution in [2.24, 2.45) is 0 Å². The molecule has 6 aromatic rings. The van der Waals surface area contributed by atoms with Crippen molar-refractivity contribution in [2.75, 3.05) is 5.06 Å². The average Bonchev–Trinajstić information content (AvgIpc) is 3.31. The molecule has 5 aromatic carbocycles. The maximum absolute atomic E-state index is 11.8. The van der Waals surface area contributed by atoms with Crippen LogP contribution in [0.1, 0.15) is 17.7 Å². The van der Waals surface area contributed by atoms with E-state index in [1.54, 1.807) is 0 Å². The fourth-order valence-corrected chi connectivity index (χ4v) is 5.28. The Kier molecular flexibility index (Phi) is 8.20. The van der Waals surface area contributed by atoms with Crippen LogP contribution < -0.4 is 5.06 Å². The molecular formula is C33H26NO3Y. The van der Waals surface area contributed by atoms with Gasteiger partial charge in [-0.2, -0.15) is 0 Å². The molecule has 0 bridgehead atoms. The predicted molar refractivity (Wildman–Crippen MR) is 151 cm³/mol. The van der Waals surface area contributed by atoms with E-state index in [1.165, 1.54) is 5.06 Å². The van der Waals surface area contributed by atoms with E-state index in [2.05, 4.69) is 48.5 Å². The van der Waals surface area contributed by atoms with E-state index in [9.17, 15) is 5.21 Å². The van der Waals surface area contributed by atoms with Gasteiger partial charge < -0.3 is 17.3 Å². The molecule has 0 saturated carbocycles. The number of hydrogen-bond acceptors (Lipinski definition) is 3. The Hall–Kier alpha value is -3.28. The Balaban J connectivity index is 0.00000112. The van der Waals surface area contributed by atoms with Gasteiger partial charge in [0.05, 0.1) is 0 Å². The van der Waals surface area contributed by atoms with E-state index < -0.39 is 0 Å². The second kappa shape index (κ2) is 11.2. The summed E-state index contributed by atoms with van der Waals surface area (Å²) in [6, 6.07) is 36.1. The second-order valence-corrected chi connectivity index (χ2v) is 8.85. The number of nitrogens with zero attached hydrogens (tertiary/aromatic N) is 1. The van der Waals surface area contributed by atoms with Gasteiger partial charge in [0.25, 0.3) is 0 Å². The van der Waals surface area contributed by atoms with Crippen LogP contribution in [0.2, 0.25) is 0 Å². The maximum atomic E-state index is 11.8. The summed E-state index contributed by atoms with van der Waals surface area (Å²) in [5.74, 6) is 0.887. The first-order chi connectivity index (χ1) is 17.3. The van der Waals surface area contributed by atoms with Crippen LogP contribution in [0.3, 0.4) is 0 Å². The van der Waals surface area contributed by atoms with Gasteiger partial charge >= 0.3 is 32.7 Å². The van der Waals surface area contributed by atoms with Crippen molar-refractivity contribution in [3.05, 3.63) is 128 Å². The Morgan fingerprint density at radius 1 is 0.737 bits per heavy atom. The summed E-state index contributed by atoms with van der Waals surface area (Å²) in [6.45, 7) is 0. The minimum atomic E-state index is 0. The smallest absolute Gasteiger partial charge is 0.481 e. The average molecular weight is 573 g/mol. The molecule has 0 radical (unpaired) electrons. The Morgan fingerprint density at radius 3 is 2.18 bits per heavy atom. The first-order valence-corrected chi connectivity index (χ1v) is 11.8. The third kappa shape index (κ3) is 4.38. The number of anilines is 1. The van der Waals surface area contributed by atoms with E-state index in [4.69, 9.17) is 4.42 Å². The third-order valence-corrected chi connectivity index (χ3v) is 6.87. The zero-order valence-corrected chi connectivity index (χ0v) is 23.9. The summed E-state index contributed by atoms with van der Waals surface area (Å²) < 4.78 is 6.14. The number of hydrogen-bond donors (Lipinski definition) is 1. The van der Waals surface area contributed by atoms with Gasteiger partial charge in [-0.05, 0) is 23.9 Å². The zero-order valence-electron chi connectivity index (χ0n) is 21.0. The van der Waals surface area contributed by atoms with Crippen LogP contribution >= 0.6 is 0 Å². The van der Waals surface area contributed by atoms with Gasteiger partial charge in [0, 0.05) is 11.4 Å². The molecule has 1 aliphatic carbocycles. The van der Waals surface area contributed by atoms with Gasteiger partial charge in [-0.3, -0.25) is 10.3 Å². The quantitative estimate of drug-likeness (QED) is 0.173. The number of fused-ring (bicyclic) bond motifs is 5.